The number of aromatic amines is 1. The van der Waals surface area contributed by atoms with Crippen LogP contribution in [0.1, 0.15) is 22.6 Å². The van der Waals surface area contributed by atoms with E-state index in [1.54, 1.807) is 18.5 Å². The van der Waals surface area contributed by atoms with Gasteiger partial charge in [-0.05, 0) is 0 Å². The van der Waals surface area contributed by atoms with E-state index in [1.807, 2.05) is 0 Å². The van der Waals surface area contributed by atoms with Crippen molar-refractivity contribution in [3.05, 3.63) is 35.4 Å². The van der Waals surface area contributed by atoms with E-state index in [9.17, 15) is 13.6 Å². The number of nitrogens with one attached hydrogen (secondary N) is 2. The van der Waals surface area contributed by atoms with Crippen molar-refractivity contribution in [2.24, 2.45) is 0 Å². The number of carbonyl (C=O) groups is 1. The van der Waals surface area contributed by atoms with Crippen LogP contribution in [0.2, 0.25) is 0 Å². The highest BCUT2D eigenvalue weighted by Gasteiger charge is 2.21. The van der Waals surface area contributed by atoms with E-state index in [0.717, 1.165) is 4.68 Å². The fourth-order valence-corrected chi connectivity index (χ4v) is 2.69. The predicted molar refractivity (Wildman–Crippen MR) is 80.4 cm³/mol. The fourth-order valence-electron chi connectivity index (χ4n) is 1.91. The molecule has 0 aliphatic rings. The number of carbonyl (C=O) groups excluding carboxylic acids is 1. The number of hydrogen-bond donors (Lipinski definition) is 2. The molecule has 8 nitrogen and oxygen atoms in total. The Hall–Kier alpha value is -3.13. The van der Waals surface area contributed by atoms with Gasteiger partial charge < -0.3 is 5.32 Å². The molecule has 3 rings (SSSR count). The summed E-state index contributed by atoms with van der Waals surface area (Å²) in [5, 5.41) is 23.1. The molecule has 122 valence electrons. The zero-order valence-electron chi connectivity index (χ0n) is 11.9. The number of anilines is 1. The number of rotatable bonds is 5. The summed E-state index contributed by atoms with van der Waals surface area (Å²) < 4.78 is 27.0. The normalized spacial score (nSPS) is 10.8. The van der Waals surface area contributed by atoms with Gasteiger partial charge in [-0.2, -0.15) is 15.5 Å². The zero-order chi connectivity index (χ0) is 17.1. The minimum atomic E-state index is -2.88. The molecule has 0 bridgehead atoms. The summed E-state index contributed by atoms with van der Waals surface area (Å²) in [5.41, 5.74) is 0.0607. The van der Waals surface area contributed by atoms with Crippen molar-refractivity contribution in [1.29, 1.82) is 5.26 Å². The monoisotopic (exact) mass is 349 g/mol. The quantitative estimate of drug-likeness (QED) is 0.735. The van der Waals surface area contributed by atoms with Gasteiger partial charge in [-0.25, -0.2) is 13.8 Å². The van der Waals surface area contributed by atoms with Crippen LogP contribution in [-0.2, 0) is 6.54 Å². The van der Waals surface area contributed by atoms with E-state index in [0.29, 0.717) is 10.6 Å². The van der Waals surface area contributed by atoms with Crippen molar-refractivity contribution in [3.8, 4) is 16.6 Å². The largest absolute Gasteiger partial charge is 0.317 e. The highest BCUT2D eigenvalue weighted by atomic mass is 32.1. The van der Waals surface area contributed by atoms with Crippen LogP contribution < -0.4 is 5.32 Å². The minimum Gasteiger partial charge on any atom is -0.317 e. The second-order valence-electron chi connectivity index (χ2n) is 4.56. The van der Waals surface area contributed by atoms with E-state index >= 15 is 0 Å². The van der Waals surface area contributed by atoms with Gasteiger partial charge in [-0.3, -0.25) is 14.6 Å². The van der Waals surface area contributed by atoms with Gasteiger partial charge in [-0.15, -0.1) is 11.3 Å². The molecular weight excluding hydrogens is 340 g/mol. The van der Waals surface area contributed by atoms with Gasteiger partial charge in [0, 0.05) is 17.1 Å². The van der Waals surface area contributed by atoms with E-state index in [1.165, 1.54) is 22.9 Å². The van der Waals surface area contributed by atoms with Gasteiger partial charge in [0.25, 0.3) is 12.3 Å². The number of H-pyrrole nitrogens is 1. The lowest BCUT2D eigenvalue weighted by Gasteiger charge is -2.02. The Morgan fingerprint density at radius 3 is 3.04 bits per heavy atom. The van der Waals surface area contributed by atoms with Crippen molar-refractivity contribution < 1.29 is 13.6 Å². The van der Waals surface area contributed by atoms with Gasteiger partial charge in [-0.1, -0.05) is 0 Å². The first-order valence-corrected chi connectivity index (χ1v) is 7.45. The molecule has 11 heteroatoms. The summed E-state index contributed by atoms with van der Waals surface area (Å²) in [5.74, 6) is -0.639. The molecule has 24 heavy (non-hydrogen) atoms. The van der Waals surface area contributed by atoms with Crippen molar-refractivity contribution in [1.82, 2.24) is 25.0 Å². The maximum Gasteiger partial charge on any atom is 0.284 e. The second-order valence-corrected chi connectivity index (χ2v) is 5.42. The summed E-state index contributed by atoms with van der Waals surface area (Å²) >= 11 is 1.23. The first-order valence-electron chi connectivity index (χ1n) is 6.57. The number of alkyl halides is 2. The molecule has 3 heterocycles. The lowest BCUT2D eigenvalue weighted by molar-refractivity contribution is 0.102. The average Bonchev–Trinajstić information content (AvgIpc) is 3.27. The summed E-state index contributed by atoms with van der Waals surface area (Å²) in [6.07, 6.45) is 1.49. The molecule has 0 unspecified atom stereocenters. The molecule has 0 fully saturated rings. The Morgan fingerprint density at radius 1 is 1.54 bits per heavy atom. The number of nitriles is 1. The highest BCUT2D eigenvalue weighted by Crippen LogP contribution is 2.27. The third-order valence-corrected chi connectivity index (χ3v) is 3.85. The Bertz CT molecular complexity index is 894. The lowest BCUT2D eigenvalue weighted by atomic mass is 10.3. The van der Waals surface area contributed by atoms with Crippen LogP contribution >= 0.6 is 11.3 Å². The average molecular weight is 349 g/mol. The second kappa shape index (κ2) is 6.55. The van der Waals surface area contributed by atoms with E-state index < -0.39 is 18.0 Å². The van der Waals surface area contributed by atoms with Gasteiger partial charge >= 0.3 is 0 Å². The molecule has 2 N–H and O–H groups in total. The zero-order valence-corrected chi connectivity index (χ0v) is 12.7. The van der Waals surface area contributed by atoms with E-state index in [2.05, 4.69) is 25.6 Å². The first-order chi connectivity index (χ1) is 11.6. The van der Waals surface area contributed by atoms with Gasteiger partial charge in [0.15, 0.2) is 5.69 Å². The summed E-state index contributed by atoms with van der Waals surface area (Å²) in [6.45, 7) is -0.197. The van der Waals surface area contributed by atoms with E-state index in [-0.39, 0.29) is 17.9 Å². The Labute approximate surface area is 137 Å². The minimum absolute atomic E-state index is 0.0875. The SMILES string of the molecule is N#CCn1cc(NC(=O)c2csc(-c3cn[nH]c3)n2)c(C(F)F)n1. The van der Waals surface area contributed by atoms with Crippen molar-refractivity contribution in [3.63, 3.8) is 0 Å². The molecule has 0 radical (unpaired) electrons. The maximum absolute atomic E-state index is 13.0. The van der Waals surface area contributed by atoms with Crippen molar-refractivity contribution >= 4 is 22.9 Å². The molecule has 1 amide bonds. The van der Waals surface area contributed by atoms with Gasteiger partial charge in [0.1, 0.15) is 17.2 Å². The standard InChI is InChI=1S/C13H9F2N7OS/c14-11(15)10-8(5-22(21-10)2-1-16)19-12(23)9-6-24-13(20-9)7-3-17-18-4-7/h3-6,11H,2H2,(H,17,18)(H,19,23). The smallest absolute Gasteiger partial charge is 0.284 e. The Balaban J connectivity index is 1.81. The fraction of sp³-hybridized carbons (Fsp3) is 0.154. The van der Waals surface area contributed by atoms with Crippen molar-refractivity contribution in [2.75, 3.05) is 5.32 Å². The van der Waals surface area contributed by atoms with Gasteiger partial charge in [0.05, 0.1) is 24.2 Å². The van der Waals surface area contributed by atoms with Crippen LogP contribution in [0.5, 0.6) is 0 Å². The summed E-state index contributed by atoms with van der Waals surface area (Å²) in [4.78, 5) is 16.3. The number of halogens is 2. The summed E-state index contributed by atoms with van der Waals surface area (Å²) in [7, 11) is 0. The summed E-state index contributed by atoms with van der Waals surface area (Å²) in [6, 6.07) is 1.79. The Kier molecular flexibility index (Phi) is 4.30. The molecule has 0 saturated carbocycles. The van der Waals surface area contributed by atoms with Crippen LogP contribution in [0.3, 0.4) is 0 Å². The number of aromatic nitrogens is 5. The highest BCUT2D eigenvalue weighted by molar-refractivity contribution is 7.13. The lowest BCUT2D eigenvalue weighted by Crippen LogP contribution is -2.13. The van der Waals surface area contributed by atoms with E-state index in [4.69, 9.17) is 5.26 Å². The van der Waals surface area contributed by atoms with Crippen LogP contribution in [0.4, 0.5) is 14.5 Å². The van der Waals surface area contributed by atoms with Crippen LogP contribution in [0.25, 0.3) is 10.6 Å². The molecule has 0 aromatic carbocycles. The van der Waals surface area contributed by atoms with Crippen molar-refractivity contribution in [2.45, 2.75) is 13.0 Å². The molecule has 3 aromatic heterocycles. The number of nitrogens with zero attached hydrogens (tertiary/aromatic N) is 5. The first kappa shape index (κ1) is 15.8. The van der Waals surface area contributed by atoms with Crippen LogP contribution in [-0.4, -0.2) is 30.9 Å². The van der Waals surface area contributed by atoms with Crippen LogP contribution in [0.15, 0.2) is 24.0 Å². The van der Waals surface area contributed by atoms with Gasteiger partial charge in [0.2, 0.25) is 0 Å². The molecule has 0 aliphatic carbocycles. The third kappa shape index (κ3) is 3.13. The topological polar surface area (TPSA) is 112 Å². The third-order valence-electron chi connectivity index (χ3n) is 2.96. The molecule has 0 aliphatic heterocycles. The molecule has 0 saturated heterocycles. The number of amides is 1. The maximum atomic E-state index is 13.0. The molecule has 0 atom stereocenters. The molecule has 3 aromatic rings. The predicted octanol–water partition coefficient (Wildman–Crippen LogP) is 2.44. The molecule has 0 spiro atoms. The Morgan fingerprint density at radius 2 is 2.38 bits per heavy atom. The number of thiazole rings is 1. The van der Waals surface area contributed by atoms with Crippen LogP contribution in [0, 0.1) is 11.3 Å². The molecular formula is C13H9F2N7OS. The number of hydrogen-bond acceptors (Lipinski definition) is 6.